The maximum Gasteiger partial charge on any atom is 0.327 e. The van der Waals surface area contributed by atoms with Gasteiger partial charge < -0.3 is 9.22 Å². The van der Waals surface area contributed by atoms with Crippen LogP contribution < -0.4 is 0 Å². The zero-order valence-corrected chi connectivity index (χ0v) is 8.77. The van der Waals surface area contributed by atoms with Crippen LogP contribution in [-0.4, -0.2) is 29.9 Å². The lowest BCUT2D eigenvalue weighted by molar-refractivity contribution is -0.131. The molecule has 0 atom stereocenters. The maximum absolute atomic E-state index is 9.94. The van der Waals surface area contributed by atoms with Gasteiger partial charge in [-0.25, -0.2) is 4.79 Å². The van der Waals surface area contributed by atoms with Crippen LogP contribution in [0.15, 0.2) is 11.8 Å². The summed E-state index contributed by atoms with van der Waals surface area (Å²) in [6, 6.07) is 0. The predicted molar refractivity (Wildman–Crippen MR) is 45.3 cm³/mol. The quantitative estimate of drug-likeness (QED) is 0.471. The average molecular weight is 176 g/mol. The van der Waals surface area contributed by atoms with Crippen LogP contribution in [0.2, 0.25) is 13.1 Å². The third-order valence-electron chi connectivity index (χ3n) is 0.786. The van der Waals surface area contributed by atoms with Gasteiger partial charge in [0.05, 0.1) is 0 Å². The van der Waals surface area contributed by atoms with Crippen molar-refractivity contribution in [2.45, 2.75) is 13.1 Å². The summed E-state index contributed by atoms with van der Waals surface area (Å²) in [5, 5.41) is 8.17. The van der Waals surface area contributed by atoms with Crippen molar-refractivity contribution in [3.63, 3.8) is 0 Å². The van der Waals surface area contributed by atoms with Crippen LogP contribution >= 0.6 is 0 Å². The van der Waals surface area contributed by atoms with E-state index in [-0.39, 0.29) is 0 Å². The van der Waals surface area contributed by atoms with E-state index in [4.69, 9.17) is 9.22 Å². The molecule has 0 heterocycles. The molecule has 0 aromatic rings. The van der Waals surface area contributed by atoms with Crippen LogP contribution in [0.25, 0.3) is 0 Å². The third-order valence-corrected chi connectivity index (χ3v) is 4.65. The van der Waals surface area contributed by atoms with E-state index < -0.39 is 24.8 Å². The number of rotatable bonds is 4. The molecule has 58 valence electrons. The Bertz CT molecular complexity index is 133. The number of carboxylic acids is 1. The first-order valence-corrected chi connectivity index (χ1v) is 7.31. The molecule has 0 aliphatic heterocycles. The number of aliphatic carboxylic acids is 1. The Balaban J connectivity index is 3.27. The second-order valence-corrected chi connectivity index (χ2v) is 6.36. The molecule has 0 bridgehead atoms. The summed E-state index contributed by atoms with van der Waals surface area (Å²) in [5.74, 6) is -0.887. The minimum absolute atomic E-state index is 0.679. The zero-order valence-electron chi connectivity index (χ0n) is 6.20. The van der Waals surface area contributed by atoms with Crippen molar-refractivity contribution in [1.82, 2.24) is 0 Å². The van der Waals surface area contributed by atoms with E-state index in [0.29, 0.717) is 0 Å². The van der Waals surface area contributed by atoms with Gasteiger partial charge in [0.15, 0.2) is 18.8 Å². The molecule has 0 saturated heterocycles. The fourth-order valence-electron chi connectivity index (χ4n) is 0.397. The van der Waals surface area contributed by atoms with E-state index in [0.717, 1.165) is 6.08 Å². The normalized spacial score (nSPS) is 12.3. The lowest BCUT2D eigenvalue weighted by Gasteiger charge is -2.00. The Hall–Kier alpha value is -0.396. The smallest absolute Gasteiger partial charge is 0.327 e. The molecule has 1 N–H and O–H groups in total. The van der Waals surface area contributed by atoms with E-state index in [1.165, 1.54) is 0 Å². The van der Waals surface area contributed by atoms with Gasteiger partial charge in [0, 0.05) is 6.08 Å². The van der Waals surface area contributed by atoms with E-state index in [9.17, 15) is 4.79 Å². The van der Waals surface area contributed by atoms with Gasteiger partial charge in [-0.2, -0.15) is 0 Å². The lowest BCUT2D eigenvalue weighted by Crippen LogP contribution is -2.10. The molecule has 0 radical (unpaired) electrons. The standard InChI is InChI=1S/C5H12O3Si2/c1-10(2)8-9-4-3-5(6)7/h3-4,10H,9H2,1-2H3,(H,6,7). The van der Waals surface area contributed by atoms with E-state index in [1.54, 1.807) is 5.70 Å². The summed E-state index contributed by atoms with van der Waals surface area (Å²) >= 11 is 0. The third kappa shape index (κ3) is 7.60. The van der Waals surface area contributed by atoms with Gasteiger partial charge >= 0.3 is 5.97 Å². The van der Waals surface area contributed by atoms with Crippen molar-refractivity contribution in [3.8, 4) is 0 Å². The summed E-state index contributed by atoms with van der Waals surface area (Å²) < 4.78 is 5.32. The van der Waals surface area contributed by atoms with Crippen LogP contribution in [0.3, 0.4) is 0 Å². The zero-order chi connectivity index (χ0) is 7.98. The predicted octanol–water partition coefficient (Wildman–Crippen LogP) is -0.332. The Morgan fingerprint density at radius 2 is 2.30 bits per heavy atom. The largest absolute Gasteiger partial charge is 0.478 e. The Labute approximate surface area is 64.4 Å². The summed E-state index contributed by atoms with van der Waals surface area (Å²) in [6.45, 7) is 4.14. The highest BCUT2D eigenvalue weighted by Crippen LogP contribution is 1.81. The molecule has 0 aromatic carbocycles. The molecule has 0 amide bonds. The van der Waals surface area contributed by atoms with Gasteiger partial charge in [0.2, 0.25) is 0 Å². The molecule has 10 heavy (non-hydrogen) atoms. The molecule has 0 saturated carbocycles. The Kier molecular flexibility index (Phi) is 5.18. The molecular weight excluding hydrogens is 164 g/mol. The van der Waals surface area contributed by atoms with Gasteiger partial charge in [0.1, 0.15) is 0 Å². The van der Waals surface area contributed by atoms with Crippen LogP contribution in [-0.2, 0) is 8.91 Å². The number of hydrogen-bond donors (Lipinski definition) is 1. The topological polar surface area (TPSA) is 46.5 Å². The van der Waals surface area contributed by atoms with E-state index in [1.807, 2.05) is 0 Å². The van der Waals surface area contributed by atoms with Gasteiger partial charge in [-0.3, -0.25) is 0 Å². The average Bonchev–Trinajstić information content (AvgIpc) is 1.79. The van der Waals surface area contributed by atoms with Gasteiger partial charge in [-0.15, -0.1) is 0 Å². The first-order valence-electron chi connectivity index (χ1n) is 3.14. The van der Waals surface area contributed by atoms with E-state index in [2.05, 4.69) is 13.1 Å². The summed E-state index contributed by atoms with van der Waals surface area (Å²) in [7, 11) is -1.59. The van der Waals surface area contributed by atoms with E-state index >= 15 is 0 Å². The highest BCUT2D eigenvalue weighted by atomic mass is 28.3. The number of carboxylic acid groups (broad SMARTS) is 1. The van der Waals surface area contributed by atoms with Crippen molar-refractivity contribution >= 4 is 24.8 Å². The molecule has 0 aliphatic rings. The number of hydrogen-bond acceptors (Lipinski definition) is 2. The Morgan fingerprint density at radius 3 is 2.70 bits per heavy atom. The first kappa shape index (κ1) is 9.60. The second kappa shape index (κ2) is 5.39. The minimum atomic E-state index is -0.916. The van der Waals surface area contributed by atoms with Crippen LogP contribution in [0.5, 0.6) is 0 Å². The summed E-state index contributed by atoms with van der Waals surface area (Å²) in [5.41, 5.74) is 1.65. The van der Waals surface area contributed by atoms with Crippen molar-refractivity contribution in [1.29, 1.82) is 0 Å². The van der Waals surface area contributed by atoms with Gasteiger partial charge in [0.25, 0.3) is 0 Å². The van der Waals surface area contributed by atoms with Crippen LogP contribution in [0, 0.1) is 0 Å². The maximum atomic E-state index is 9.94. The van der Waals surface area contributed by atoms with Crippen molar-refractivity contribution in [2.24, 2.45) is 0 Å². The van der Waals surface area contributed by atoms with Crippen LogP contribution in [0.4, 0.5) is 0 Å². The van der Waals surface area contributed by atoms with Gasteiger partial charge in [-0.1, -0.05) is 5.70 Å². The molecule has 0 fully saturated rings. The van der Waals surface area contributed by atoms with Gasteiger partial charge in [-0.05, 0) is 13.1 Å². The molecule has 0 unspecified atom stereocenters. The molecular formula is C5H12O3Si2. The molecule has 5 heteroatoms. The van der Waals surface area contributed by atoms with Crippen molar-refractivity contribution in [2.75, 3.05) is 0 Å². The molecule has 0 aromatic heterocycles. The number of carbonyl (C=O) groups is 1. The summed E-state index contributed by atoms with van der Waals surface area (Å²) in [4.78, 5) is 9.94. The van der Waals surface area contributed by atoms with Crippen molar-refractivity contribution < 1.29 is 14.0 Å². The lowest BCUT2D eigenvalue weighted by atomic mass is 10.7. The second-order valence-electron chi connectivity index (χ2n) is 2.12. The molecule has 0 rings (SSSR count). The Morgan fingerprint density at radius 1 is 1.70 bits per heavy atom. The van der Waals surface area contributed by atoms with Crippen LogP contribution in [0.1, 0.15) is 0 Å². The monoisotopic (exact) mass is 176 g/mol. The highest BCUT2D eigenvalue weighted by molar-refractivity contribution is 6.57. The molecule has 0 spiro atoms. The summed E-state index contributed by atoms with van der Waals surface area (Å²) in [6.07, 6.45) is 1.16. The highest BCUT2D eigenvalue weighted by Gasteiger charge is 1.91. The van der Waals surface area contributed by atoms with Crippen molar-refractivity contribution in [3.05, 3.63) is 11.8 Å². The molecule has 3 nitrogen and oxygen atoms in total. The SMILES string of the molecule is C[SiH](C)O[SiH2]C=CC(=O)O. The first-order chi connectivity index (χ1) is 4.63. The minimum Gasteiger partial charge on any atom is -0.478 e. The fourth-order valence-corrected chi connectivity index (χ4v) is 2.68. The molecule has 0 aliphatic carbocycles. The fraction of sp³-hybridized carbons (Fsp3) is 0.400.